The molecular weight excluding hydrogens is 277 g/mol. The van der Waals surface area contributed by atoms with Crippen LogP contribution in [-0.2, 0) is 4.74 Å². The van der Waals surface area contributed by atoms with E-state index in [-0.39, 0.29) is 5.02 Å². The Kier molecular flexibility index (Phi) is 3.63. The van der Waals surface area contributed by atoms with Gasteiger partial charge in [0.15, 0.2) is 0 Å². The van der Waals surface area contributed by atoms with Crippen molar-refractivity contribution in [1.82, 2.24) is 4.98 Å². The van der Waals surface area contributed by atoms with E-state index in [0.717, 1.165) is 11.3 Å². The van der Waals surface area contributed by atoms with Crippen LogP contribution in [0.5, 0.6) is 0 Å². The molecule has 2 aromatic rings. The van der Waals surface area contributed by atoms with Crippen LogP contribution in [0.25, 0.3) is 10.6 Å². The fourth-order valence-corrected chi connectivity index (χ4v) is 2.67. The minimum Gasteiger partial charge on any atom is -0.465 e. The summed E-state index contributed by atoms with van der Waals surface area (Å²) in [7, 11) is 1.31. The lowest BCUT2D eigenvalue weighted by Crippen LogP contribution is -1.99. The maximum Gasteiger partial charge on any atom is 0.349 e. The number of ether oxygens (including phenoxy) is 1. The number of hydrogen-bond acceptors (Lipinski definition) is 4. The summed E-state index contributed by atoms with van der Waals surface area (Å²) in [5, 5.41) is 0.826. The van der Waals surface area contributed by atoms with Gasteiger partial charge >= 0.3 is 5.97 Å². The average Bonchev–Trinajstić information content (AvgIpc) is 2.69. The smallest absolute Gasteiger partial charge is 0.349 e. The van der Waals surface area contributed by atoms with E-state index in [4.69, 9.17) is 11.6 Å². The Labute approximate surface area is 112 Å². The molecule has 2 rings (SSSR count). The Morgan fingerprint density at radius 2 is 2.17 bits per heavy atom. The molecule has 0 saturated carbocycles. The van der Waals surface area contributed by atoms with E-state index in [0.29, 0.717) is 21.1 Å². The van der Waals surface area contributed by atoms with Crippen LogP contribution in [0.3, 0.4) is 0 Å². The molecule has 3 nitrogen and oxygen atoms in total. The van der Waals surface area contributed by atoms with E-state index < -0.39 is 11.8 Å². The number of carbonyl (C=O) groups excluding carboxylic acids is 1. The highest BCUT2D eigenvalue weighted by atomic mass is 35.5. The van der Waals surface area contributed by atoms with Gasteiger partial charge in [0, 0.05) is 10.6 Å². The molecule has 0 aliphatic heterocycles. The zero-order chi connectivity index (χ0) is 13.3. The first-order valence-electron chi connectivity index (χ1n) is 5.03. The second-order valence-corrected chi connectivity index (χ2v) is 5.02. The van der Waals surface area contributed by atoms with Crippen LogP contribution < -0.4 is 0 Å². The van der Waals surface area contributed by atoms with Gasteiger partial charge in [0.2, 0.25) is 0 Å². The van der Waals surface area contributed by atoms with E-state index in [1.807, 2.05) is 0 Å². The molecule has 0 spiro atoms. The summed E-state index contributed by atoms with van der Waals surface area (Å²) >= 11 is 6.93. The third kappa shape index (κ3) is 2.52. The largest absolute Gasteiger partial charge is 0.465 e. The van der Waals surface area contributed by atoms with Crippen LogP contribution in [0, 0.1) is 12.7 Å². The molecule has 0 atom stereocenters. The second kappa shape index (κ2) is 5.04. The molecule has 18 heavy (non-hydrogen) atoms. The number of thiazole rings is 1. The average molecular weight is 286 g/mol. The number of aromatic nitrogens is 1. The number of carbonyl (C=O) groups is 1. The maximum absolute atomic E-state index is 13.2. The van der Waals surface area contributed by atoms with Crippen molar-refractivity contribution < 1.29 is 13.9 Å². The Bertz CT molecular complexity index is 592. The SMILES string of the molecule is COC(=O)c1sc(-c2cc(F)cc(Cl)c2)nc1C. The van der Waals surface area contributed by atoms with Crippen LogP contribution >= 0.6 is 22.9 Å². The van der Waals surface area contributed by atoms with Gasteiger partial charge in [0.05, 0.1) is 12.8 Å². The van der Waals surface area contributed by atoms with E-state index in [2.05, 4.69) is 9.72 Å². The minimum atomic E-state index is -0.446. The third-order valence-electron chi connectivity index (χ3n) is 2.28. The van der Waals surface area contributed by atoms with Gasteiger partial charge in [0.1, 0.15) is 15.7 Å². The number of rotatable bonds is 2. The fourth-order valence-electron chi connectivity index (χ4n) is 1.48. The number of nitrogens with zero attached hydrogens (tertiary/aromatic N) is 1. The molecular formula is C12H9ClFNO2S. The zero-order valence-electron chi connectivity index (χ0n) is 9.66. The molecule has 0 saturated heterocycles. The van der Waals surface area contributed by atoms with Gasteiger partial charge in [-0.05, 0) is 25.1 Å². The zero-order valence-corrected chi connectivity index (χ0v) is 11.2. The quantitative estimate of drug-likeness (QED) is 0.790. The van der Waals surface area contributed by atoms with Crippen molar-refractivity contribution in [3.8, 4) is 10.6 Å². The van der Waals surface area contributed by atoms with Crippen molar-refractivity contribution in [2.24, 2.45) is 0 Å². The number of hydrogen-bond donors (Lipinski definition) is 0. The fraction of sp³-hybridized carbons (Fsp3) is 0.167. The minimum absolute atomic E-state index is 0.289. The molecule has 0 fully saturated rings. The number of methoxy groups -OCH3 is 1. The molecule has 0 bridgehead atoms. The van der Waals surface area contributed by atoms with Crippen molar-refractivity contribution in [2.75, 3.05) is 7.11 Å². The van der Waals surface area contributed by atoms with Crippen molar-refractivity contribution in [3.63, 3.8) is 0 Å². The molecule has 0 unspecified atom stereocenters. The van der Waals surface area contributed by atoms with E-state index in [9.17, 15) is 9.18 Å². The van der Waals surface area contributed by atoms with E-state index in [1.54, 1.807) is 13.0 Å². The van der Waals surface area contributed by atoms with Gasteiger partial charge in [-0.3, -0.25) is 0 Å². The first kappa shape index (κ1) is 13.0. The van der Waals surface area contributed by atoms with E-state index in [1.165, 1.54) is 19.2 Å². The molecule has 94 valence electrons. The van der Waals surface area contributed by atoms with Crippen LogP contribution in [0.2, 0.25) is 5.02 Å². The summed E-state index contributed by atoms with van der Waals surface area (Å²) < 4.78 is 17.9. The van der Waals surface area contributed by atoms with Crippen LogP contribution in [-0.4, -0.2) is 18.1 Å². The first-order valence-corrected chi connectivity index (χ1v) is 6.23. The van der Waals surface area contributed by atoms with Gasteiger partial charge < -0.3 is 4.74 Å². The Balaban J connectivity index is 2.48. The first-order chi connectivity index (χ1) is 8.51. The summed E-state index contributed by atoms with van der Waals surface area (Å²) in [5.74, 6) is -0.885. The normalized spacial score (nSPS) is 10.4. The van der Waals surface area contributed by atoms with Crippen molar-refractivity contribution in [2.45, 2.75) is 6.92 Å². The molecule has 0 amide bonds. The molecule has 0 N–H and O–H groups in total. The highest BCUT2D eigenvalue weighted by Crippen LogP contribution is 2.30. The lowest BCUT2D eigenvalue weighted by Gasteiger charge is -1.97. The highest BCUT2D eigenvalue weighted by Gasteiger charge is 2.17. The summed E-state index contributed by atoms with van der Waals surface area (Å²) in [4.78, 5) is 16.1. The number of benzene rings is 1. The summed E-state index contributed by atoms with van der Waals surface area (Å²) in [6, 6.07) is 4.14. The van der Waals surface area contributed by atoms with Crippen LogP contribution in [0.1, 0.15) is 15.4 Å². The molecule has 1 aromatic carbocycles. The van der Waals surface area contributed by atoms with Crippen molar-refractivity contribution >= 4 is 28.9 Å². The molecule has 1 aromatic heterocycles. The van der Waals surface area contributed by atoms with E-state index >= 15 is 0 Å². The highest BCUT2D eigenvalue weighted by molar-refractivity contribution is 7.17. The lowest BCUT2D eigenvalue weighted by atomic mass is 10.2. The second-order valence-electron chi connectivity index (χ2n) is 3.58. The van der Waals surface area contributed by atoms with Crippen LogP contribution in [0.15, 0.2) is 18.2 Å². The summed E-state index contributed by atoms with van der Waals surface area (Å²) in [6.45, 7) is 1.70. The third-order valence-corrected chi connectivity index (χ3v) is 3.68. The number of aryl methyl sites for hydroxylation is 1. The lowest BCUT2D eigenvalue weighted by molar-refractivity contribution is 0.0605. The van der Waals surface area contributed by atoms with Gasteiger partial charge in [0.25, 0.3) is 0 Å². The predicted octanol–water partition coefficient (Wildman–Crippen LogP) is 3.70. The Morgan fingerprint density at radius 1 is 1.44 bits per heavy atom. The summed E-state index contributed by atoms with van der Waals surface area (Å²) in [5.41, 5.74) is 1.10. The molecule has 0 aliphatic rings. The number of halogens is 2. The van der Waals surface area contributed by atoms with Crippen molar-refractivity contribution in [3.05, 3.63) is 39.6 Å². The topological polar surface area (TPSA) is 39.2 Å². The molecule has 1 heterocycles. The van der Waals surface area contributed by atoms with Gasteiger partial charge in [-0.15, -0.1) is 11.3 Å². The van der Waals surface area contributed by atoms with Gasteiger partial charge in [-0.25, -0.2) is 14.2 Å². The molecule has 0 aliphatic carbocycles. The standard InChI is InChI=1S/C12H9ClFNO2S/c1-6-10(12(16)17-2)18-11(15-6)7-3-8(13)5-9(14)4-7/h3-5H,1-2H3. The maximum atomic E-state index is 13.2. The predicted molar refractivity (Wildman–Crippen MR) is 68.6 cm³/mol. The van der Waals surface area contributed by atoms with Gasteiger partial charge in [-0.2, -0.15) is 0 Å². The Morgan fingerprint density at radius 3 is 2.78 bits per heavy atom. The van der Waals surface area contributed by atoms with Crippen LogP contribution in [0.4, 0.5) is 4.39 Å². The number of esters is 1. The monoisotopic (exact) mass is 285 g/mol. The molecule has 0 radical (unpaired) electrons. The summed E-state index contributed by atoms with van der Waals surface area (Å²) in [6.07, 6.45) is 0. The van der Waals surface area contributed by atoms with Crippen molar-refractivity contribution in [1.29, 1.82) is 0 Å². The molecule has 6 heteroatoms. The Hall–Kier alpha value is -1.46. The van der Waals surface area contributed by atoms with Gasteiger partial charge in [-0.1, -0.05) is 11.6 Å².